The number of carbonyl (C=O) groups is 3. The standard InChI is InChI=1S/C26H28N2O5/c29-24(27-13-15-12-21(15)25(30)31)20-10-5-11-23(20)28-26(32)33-14-22-18-8-3-1-6-16(18)17-7-2-4-9-19(17)22/h1-4,6-9,15,20-23H,5,10-14H2,(H,27,29)(H,28,32)(H,30,31)/t15-,20-,21-,23+/m1/s1. The van der Waals surface area contributed by atoms with E-state index in [1.807, 2.05) is 24.3 Å². The first-order valence-corrected chi connectivity index (χ1v) is 11.6. The Morgan fingerprint density at radius 3 is 2.24 bits per heavy atom. The van der Waals surface area contributed by atoms with Crippen LogP contribution >= 0.6 is 0 Å². The van der Waals surface area contributed by atoms with Gasteiger partial charge in [-0.05, 0) is 47.4 Å². The molecule has 172 valence electrons. The fourth-order valence-electron chi connectivity index (χ4n) is 5.38. The van der Waals surface area contributed by atoms with Gasteiger partial charge in [-0.3, -0.25) is 9.59 Å². The molecular weight excluding hydrogens is 420 g/mol. The van der Waals surface area contributed by atoms with Crippen LogP contribution in [0.1, 0.15) is 42.7 Å². The number of ether oxygens (including phenoxy) is 1. The Bertz CT molecular complexity index is 1040. The van der Waals surface area contributed by atoms with Gasteiger partial charge >= 0.3 is 12.1 Å². The van der Waals surface area contributed by atoms with Crippen LogP contribution in [0.15, 0.2) is 48.5 Å². The van der Waals surface area contributed by atoms with Gasteiger partial charge in [0.1, 0.15) is 6.61 Å². The fourth-order valence-corrected chi connectivity index (χ4v) is 5.38. The van der Waals surface area contributed by atoms with Crippen molar-refractivity contribution in [2.75, 3.05) is 13.2 Å². The largest absolute Gasteiger partial charge is 0.481 e. The van der Waals surface area contributed by atoms with E-state index in [9.17, 15) is 14.4 Å². The van der Waals surface area contributed by atoms with Crippen molar-refractivity contribution in [3.8, 4) is 11.1 Å². The lowest BCUT2D eigenvalue weighted by molar-refractivity contribution is -0.139. The molecule has 0 saturated heterocycles. The van der Waals surface area contributed by atoms with Gasteiger partial charge in [-0.15, -0.1) is 0 Å². The molecule has 3 aliphatic carbocycles. The zero-order valence-electron chi connectivity index (χ0n) is 18.3. The maximum Gasteiger partial charge on any atom is 0.407 e. The summed E-state index contributed by atoms with van der Waals surface area (Å²) in [6.07, 6.45) is 2.39. The first-order chi connectivity index (χ1) is 16.0. The van der Waals surface area contributed by atoms with E-state index < -0.39 is 12.1 Å². The fraction of sp³-hybridized carbons (Fsp3) is 0.423. The molecule has 2 saturated carbocycles. The van der Waals surface area contributed by atoms with E-state index in [2.05, 4.69) is 34.9 Å². The number of benzene rings is 2. The van der Waals surface area contributed by atoms with Crippen molar-refractivity contribution in [2.24, 2.45) is 17.8 Å². The minimum absolute atomic E-state index is 0.00783. The van der Waals surface area contributed by atoms with Crippen molar-refractivity contribution < 1.29 is 24.2 Å². The second-order valence-electron chi connectivity index (χ2n) is 9.30. The molecule has 0 aliphatic heterocycles. The summed E-state index contributed by atoms with van der Waals surface area (Å²) in [5, 5.41) is 14.8. The molecule has 7 heteroatoms. The monoisotopic (exact) mass is 448 g/mol. The van der Waals surface area contributed by atoms with E-state index in [1.54, 1.807) is 0 Å². The van der Waals surface area contributed by atoms with Crippen molar-refractivity contribution in [2.45, 2.75) is 37.6 Å². The normalized spacial score (nSPS) is 25.1. The maximum atomic E-state index is 12.6. The van der Waals surface area contributed by atoms with Gasteiger partial charge < -0.3 is 20.5 Å². The molecule has 2 amide bonds. The Morgan fingerprint density at radius 1 is 0.939 bits per heavy atom. The van der Waals surface area contributed by atoms with Gasteiger partial charge in [-0.1, -0.05) is 55.0 Å². The van der Waals surface area contributed by atoms with Crippen LogP contribution in [0.3, 0.4) is 0 Å². The highest BCUT2D eigenvalue weighted by Crippen LogP contribution is 2.44. The molecule has 7 nitrogen and oxygen atoms in total. The number of carbonyl (C=O) groups excluding carboxylic acids is 2. The topological polar surface area (TPSA) is 105 Å². The number of nitrogens with one attached hydrogen (secondary N) is 2. The molecule has 0 unspecified atom stereocenters. The number of amides is 2. The zero-order chi connectivity index (χ0) is 22.9. The van der Waals surface area contributed by atoms with Crippen LogP contribution in [-0.4, -0.2) is 42.3 Å². The highest BCUT2D eigenvalue weighted by Gasteiger charge is 2.44. The van der Waals surface area contributed by atoms with E-state index in [4.69, 9.17) is 9.84 Å². The maximum absolute atomic E-state index is 12.6. The molecule has 2 fully saturated rings. The van der Waals surface area contributed by atoms with Crippen molar-refractivity contribution >= 4 is 18.0 Å². The summed E-state index contributed by atoms with van der Waals surface area (Å²) in [6, 6.07) is 16.1. The predicted molar refractivity (Wildman–Crippen MR) is 122 cm³/mol. The Balaban J connectivity index is 1.15. The zero-order valence-corrected chi connectivity index (χ0v) is 18.3. The summed E-state index contributed by atoms with van der Waals surface area (Å²) in [5.74, 6) is -1.57. The van der Waals surface area contributed by atoms with Gasteiger partial charge in [0.15, 0.2) is 0 Å². The molecule has 2 aromatic carbocycles. The van der Waals surface area contributed by atoms with Crippen LogP contribution in [0.4, 0.5) is 4.79 Å². The molecule has 0 aromatic heterocycles. The second-order valence-corrected chi connectivity index (χ2v) is 9.30. The van der Waals surface area contributed by atoms with Crippen molar-refractivity contribution in [3.05, 3.63) is 59.7 Å². The van der Waals surface area contributed by atoms with Crippen molar-refractivity contribution in [1.82, 2.24) is 10.6 Å². The molecule has 2 aromatic rings. The third-order valence-electron chi connectivity index (χ3n) is 7.28. The highest BCUT2D eigenvalue weighted by molar-refractivity contribution is 5.81. The molecule has 5 rings (SSSR count). The average molecular weight is 449 g/mol. The van der Waals surface area contributed by atoms with Gasteiger partial charge in [-0.2, -0.15) is 0 Å². The average Bonchev–Trinajstić information content (AvgIpc) is 3.35. The Morgan fingerprint density at radius 2 is 1.61 bits per heavy atom. The Hall–Kier alpha value is -3.35. The van der Waals surface area contributed by atoms with E-state index >= 15 is 0 Å². The number of hydrogen-bond donors (Lipinski definition) is 3. The summed E-state index contributed by atoms with van der Waals surface area (Å²) in [6.45, 7) is 0.617. The quantitative estimate of drug-likeness (QED) is 0.601. The van der Waals surface area contributed by atoms with E-state index in [0.29, 0.717) is 19.4 Å². The van der Waals surface area contributed by atoms with Crippen LogP contribution in [0.5, 0.6) is 0 Å². The summed E-state index contributed by atoms with van der Waals surface area (Å²) in [7, 11) is 0. The predicted octanol–water partition coefficient (Wildman–Crippen LogP) is 3.53. The molecule has 0 radical (unpaired) electrons. The molecule has 3 N–H and O–H groups in total. The lowest BCUT2D eigenvalue weighted by Gasteiger charge is -2.21. The van der Waals surface area contributed by atoms with Crippen LogP contribution in [0, 0.1) is 17.8 Å². The minimum atomic E-state index is -0.801. The smallest absolute Gasteiger partial charge is 0.407 e. The first kappa shape index (κ1) is 21.5. The summed E-state index contributed by atoms with van der Waals surface area (Å²) in [5.41, 5.74) is 4.67. The summed E-state index contributed by atoms with van der Waals surface area (Å²) < 4.78 is 5.63. The number of rotatable bonds is 7. The van der Waals surface area contributed by atoms with E-state index in [0.717, 1.165) is 24.0 Å². The van der Waals surface area contributed by atoms with Crippen LogP contribution < -0.4 is 10.6 Å². The third kappa shape index (κ3) is 4.32. The van der Waals surface area contributed by atoms with Crippen molar-refractivity contribution in [1.29, 1.82) is 0 Å². The van der Waals surface area contributed by atoms with E-state index in [1.165, 1.54) is 11.1 Å². The third-order valence-corrected chi connectivity index (χ3v) is 7.28. The first-order valence-electron chi connectivity index (χ1n) is 11.6. The van der Waals surface area contributed by atoms with Gasteiger partial charge in [0.05, 0.1) is 11.8 Å². The van der Waals surface area contributed by atoms with Crippen LogP contribution in [0.25, 0.3) is 11.1 Å². The minimum Gasteiger partial charge on any atom is -0.481 e. The number of carboxylic acid groups (broad SMARTS) is 1. The highest BCUT2D eigenvalue weighted by atomic mass is 16.5. The number of carboxylic acids is 1. The van der Waals surface area contributed by atoms with E-state index in [-0.39, 0.29) is 42.2 Å². The van der Waals surface area contributed by atoms with Crippen molar-refractivity contribution in [3.63, 3.8) is 0 Å². The molecule has 0 heterocycles. The summed E-state index contributed by atoms with van der Waals surface area (Å²) in [4.78, 5) is 36.2. The van der Waals surface area contributed by atoms with Crippen LogP contribution in [0.2, 0.25) is 0 Å². The molecule has 4 atom stereocenters. The van der Waals surface area contributed by atoms with Gasteiger partial charge in [0.2, 0.25) is 5.91 Å². The number of fused-ring (bicyclic) bond motifs is 3. The van der Waals surface area contributed by atoms with Gasteiger partial charge in [-0.25, -0.2) is 4.79 Å². The Kier molecular flexibility index (Phi) is 5.79. The molecule has 3 aliphatic rings. The Labute approximate surface area is 192 Å². The molecule has 0 bridgehead atoms. The SMILES string of the molecule is O=C(N[C@H]1CCC[C@H]1C(=O)NC[C@H]1C[C@H]1C(=O)O)OCC1c2ccccc2-c2ccccc21. The molecule has 33 heavy (non-hydrogen) atoms. The molecule has 0 spiro atoms. The number of hydrogen-bond acceptors (Lipinski definition) is 4. The number of aliphatic carboxylic acids is 1. The van der Waals surface area contributed by atoms with Crippen LogP contribution in [-0.2, 0) is 14.3 Å². The number of alkyl carbamates (subject to hydrolysis) is 1. The van der Waals surface area contributed by atoms with Gasteiger partial charge in [0.25, 0.3) is 0 Å². The lowest BCUT2D eigenvalue weighted by atomic mass is 9.98. The molecular formula is C26H28N2O5. The van der Waals surface area contributed by atoms with Gasteiger partial charge in [0, 0.05) is 18.5 Å². The second kappa shape index (κ2) is 8.89. The lowest BCUT2D eigenvalue weighted by Crippen LogP contribution is -2.44. The summed E-state index contributed by atoms with van der Waals surface area (Å²) >= 11 is 0.